The third kappa shape index (κ3) is 4.34. The van der Waals surface area contributed by atoms with Crippen molar-refractivity contribution in [3.63, 3.8) is 0 Å². The normalized spacial score (nSPS) is 13.8. The first-order valence-electron chi connectivity index (χ1n) is 9.22. The summed E-state index contributed by atoms with van der Waals surface area (Å²) < 4.78 is 14.1. The quantitative estimate of drug-likeness (QED) is 0.589. The van der Waals surface area contributed by atoms with Crippen LogP contribution in [0, 0.1) is 22.9 Å². The van der Waals surface area contributed by atoms with Crippen LogP contribution in [0.5, 0.6) is 0 Å². The maximum absolute atomic E-state index is 14.1. The number of carbonyl (C=O) groups excluding carboxylic acids is 2. The molecule has 1 aliphatic rings. The standard InChI is InChI=1S/C20H21FN4O4/c1-12-15(21)9-14(11-18(12)25(28)29)20(27)23-16-10-13(19(22)26)5-6-17(16)24-7-3-2-4-8-24/h5-6,9-11H,2-4,7-8H2,1H3,(H2,22,26)(H,23,27). The molecule has 0 saturated carbocycles. The highest BCUT2D eigenvalue weighted by atomic mass is 19.1. The number of nitrogens with one attached hydrogen (secondary N) is 1. The molecule has 0 atom stereocenters. The topological polar surface area (TPSA) is 119 Å². The molecule has 0 aliphatic carbocycles. The van der Waals surface area contributed by atoms with Crippen molar-refractivity contribution in [1.82, 2.24) is 0 Å². The number of hydrogen-bond acceptors (Lipinski definition) is 5. The molecule has 8 nitrogen and oxygen atoms in total. The molecule has 0 unspecified atom stereocenters. The van der Waals surface area contributed by atoms with Gasteiger partial charge in [0.2, 0.25) is 5.91 Å². The Kier molecular flexibility index (Phi) is 5.76. The number of nitro groups is 1. The Labute approximate surface area is 166 Å². The molecular weight excluding hydrogens is 379 g/mol. The second-order valence-electron chi connectivity index (χ2n) is 6.96. The fourth-order valence-corrected chi connectivity index (χ4v) is 3.38. The molecule has 0 aromatic heterocycles. The summed E-state index contributed by atoms with van der Waals surface area (Å²) in [6.45, 7) is 2.87. The van der Waals surface area contributed by atoms with Crippen LogP contribution >= 0.6 is 0 Å². The Bertz CT molecular complexity index is 987. The third-order valence-corrected chi connectivity index (χ3v) is 5.00. The molecule has 0 radical (unpaired) electrons. The van der Waals surface area contributed by atoms with E-state index in [1.54, 1.807) is 12.1 Å². The summed E-state index contributed by atoms with van der Waals surface area (Å²) in [4.78, 5) is 36.8. The van der Waals surface area contributed by atoms with Crippen LogP contribution in [0.3, 0.4) is 0 Å². The Balaban J connectivity index is 1.98. The summed E-state index contributed by atoms with van der Waals surface area (Å²) in [5.74, 6) is -2.21. The smallest absolute Gasteiger partial charge is 0.276 e. The molecule has 2 amide bonds. The summed E-state index contributed by atoms with van der Waals surface area (Å²) in [5, 5.41) is 13.8. The van der Waals surface area contributed by atoms with Crippen LogP contribution in [0.4, 0.5) is 21.5 Å². The first-order valence-corrected chi connectivity index (χ1v) is 9.22. The number of rotatable bonds is 5. The Morgan fingerprint density at radius 1 is 1.14 bits per heavy atom. The van der Waals surface area contributed by atoms with Crippen molar-refractivity contribution in [2.45, 2.75) is 26.2 Å². The SMILES string of the molecule is Cc1c(F)cc(C(=O)Nc2cc(C(N)=O)ccc2N2CCCCC2)cc1[N+](=O)[O-]. The molecular formula is C20H21FN4O4. The molecule has 2 aromatic rings. The van der Waals surface area contributed by atoms with Gasteiger partial charge in [-0.3, -0.25) is 19.7 Å². The number of nitro benzene ring substituents is 1. The summed E-state index contributed by atoms with van der Waals surface area (Å²) in [7, 11) is 0. The number of carbonyl (C=O) groups is 2. The number of hydrogen-bond donors (Lipinski definition) is 2. The lowest BCUT2D eigenvalue weighted by molar-refractivity contribution is -0.385. The van der Waals surface area contributed by atoms with E-state index in [1.807, 2.05) is 0 Å². The van der Waals surface area contributed by atoms with E-state index >= 15 is 0 Å². The number of benzene rings is 2. The molecule has 2 aromatic carbocycles. The highest BCUT2D eigenvalue weighted by Gasteiger charge is 2.22. The van der Waals surface area contributed by atoms with Gasteiger partial charge in [-0.25, -0.2) is 4.39 Å². The van der Waals surface area contributed by atoms with Gasteiger partial charge < -0.3 is 16.0 Å². The molecule has 1 saturated heterocycles. The van der Waals surface area contributed by atoms with Gasteiger partial charge >= 0.3 is 0 Å². The van der Waals surface area contributed by atoms with Crippen LogP contribution in [0.2, 0.25) is 0 Å². The minimum atomic E-state index is -0.841. The van der Waals surface area contributed by atoms with Crippen molar-refractivity contribution < 1.29 is 18.9 Å². The van der Waals surface area contributed by atoms with Crippen LogP contribution in [0.1, 0.15) is 45.5 Å². The molecule has 1 fully saturated rings. The Hall–Kier alpha value is -3.49. The minimum absolute atomic E-state index is 0.142. The largest absolute Gasteiger partial charge is 0.370 e. The zero-order valence-electron chi connectivity index (χ0n) is 15.9. The van der Waals surface area contributed by atoms with Crippen molar-refractivity contribution >= 4 is 28.9 Å². The monoisotopic (exact) mass is 400 g/mol. The molecule has 152 valence electrons. The number of nitrogens with zero attached hydrogens (tertiary/aromatic N) is 2. The number of halogens is 1. The maximum atomic E-state index is 14.1. The van der Waals surface area contributed by atoms with E-state index < -0.39 is 28.2 Å². The average molecular weight is 400 g/mol. The van der Waals surface area contributed by atoms with E-state index in [4.69, 9.17) is 5.73 Å². The summed E-state index contributed by atoms with van der Waals surface area (Å²) in [5.41, 5.74) is 5.82. The third-order valence-electron chi connectivity index (χ3n) is 5.00. The lowest BCUT2D eigenvalue weighted by Gasteiger charge is -2.30. The molecule has 0 bridgehead atoms. The van der Waals surface area contributed by atoms with Crippen molar-refractivity contribution in [3.05, 3.63) is 63.0 Å². The van der Waals surface area contributed by atoms with Gasteiger partial charge in [0.25, 0.3) is 11.6 Å². The van der Waals surface area contributed by atoms with Gasteiger partial charge in [-0.15, -0.1) is 0 Å². The van der Waals surface area contributed by atoms with Gasteiger partial charge in [-0.1, -0.05) is 0 Å². The van der Waals surface area contributed by atoms with Gasteiger partial charge in [0.1, 0.15) is 5.82 Å². The molecule has 3 rings (SSSR count). The molecule has 9 heteroatoms. The lowest BCUT2D eigenvalue weighted by atomic mass is 10.1. The number of amides is 2. The van der Waals surface area contributed by atoms with E-state index in [0.717, 1.165) is 44.5 Å². The minimum Gasteiger partial charge on any atom is -0.370 e. The van der Waals surface area contributed by atoms with E-state index in [0.29, 0.717) is 11.4 Å². The summed E-state index contributed by atoms with van der Waals surface area (Å²) >= 11 is 0. The van der Waals surface area contributed by atoms with Gasteiger partial charge in [-0.05, 0) is 50.5 Å². The van der Waals surface area contributed by atoms with Gasteiger partial charge in [0.15, 0.2) is 0 Å². The van der Waals surface area contributed by atoms with Crippen molar-refractivity contribution in [2.24, 2.45) is 5.73 Å². The van der Waals surface area contributed by atoms with E-state index in [1.165, 1.54) is 13.0 Å². The van der Waals surface area contributed by atoms with Gasteiger partial charge in [0, 0.05) is 30.3 Å². The molecule has 1 heterocycles. The molecule has 3 N–H and O–H groups in total. The second-order valence-corrected chi connectivity index (χ2v) is 6.96. The number of anilines is 2. The first-order chi connectivity index (χ1) is 13.8. The van der Waals surface area contributed by atoms with Crippen molar-refractivity contribution in [1.29, 1.82) is 0 Å². The predicted octanol–water partition coefficient (Wildman–Crippen LogP) is 3.38. The highest BCUT2D eigenvalue weighted by Crippen LogP contribution is 2.31. The maximum Gasteiger partial charge on any atom is 0.276 e. The fraction of sp³-hybridized carbons (Fsp3) is 0.300. The number of primary amides is 1. The Morgan fingerprint density at radius 3 is 2.45 bits per heavy atom. The van der Waals surface area contributed by atoms with Crippen LogP contribution in [0.25, 0.3) is 0 Å². The summed E-state index contributed by atoms with van der Waals surface area (Å²) in [6.07, 6.45) is 3.12. The number of nitrogens with two attached hydrogens (primary N) is 1. The first kappa shape index (κ1) is 20.2. The fourth-order valence-electron chi connectivity index (χ4n) is 3.38. The second kappa shape index (κ2) is 8.26. The summed E-state index contributed by atoms with van der Waals surface area (Å²) in [6, 6.07) is 6.74. The lowest BCUT2D eigenvalue weighted by Crippen LogP contribution is -2.30. The van der Waals surface area contributed by atoms with E-state index in [9.17, 15) is 24.1 Å². The van der Waals surface area contributed by atoms with Crippen LogP contribution in [-0.2, 0) is 0 Å². The predicted molar refractivity (Wildman–Crippen MR) is 107 cm³/mol. The van der Waals surface area contributed by atoms with Crippen LogP contribution < -0.4 is 16.0 Å². The van der Waals surface area contributed by atoms with Crippen molar-refractivity contribution in [3.8, 4) is 0 Å². The molecule has 1 aliphatic heterocycles. The zero-order chi connectivity index (χ0) is 21.1. The van der Waals surface area contributed by atoms with Crippen LogP contribution in [0.15, 0.2) is 30.3 Å². The number of piperidine rings is 1. The van der Waals surface area contributed by atoms with E-state index in [2.05, 4.69) is 10.2 Å². The van der Waals surface area contributed by atoms with Crippen molar-refractivity contribution in [2.75, 3.05) is 23.3 Å². The van der Waals surface area contributed by atoms with Gasteiger partial charge in [-0.2, -0.15) is 0 Å². The average Bonchev–Trinajstić information content (AvgIpc) is 2.70. The highest BCUT2D eigenvalue weighted by molar-refractivity contribution is 6.07. The van der Waals surface area contributed by atoms with Gasteiger partial charge in [0.05, 0.1) is 21.9 Å². The molecule has 29 heavy (non-hydrogen) atoms. The molecule has 0 spiro atoms. The zero-order valence-corrected chi connectivity index (χ0v) is 15.9. The Morgan fingerprint density at radius 2 is 1.83 bits per heavy atom. The van der Waals surface area contributed by atoms with Crippen LogP contribution in [-0.4, -0.2) is 29.8 Å². The van der Waals surface area contributed by atoms with E-state index in [-0.39, 0.29) is 16.7 Å².